The third-order valence-corrected chi connectivity index (χ3v) is 2.44. The van der Waals surface area contributed by atoms with Crippen LogP contribution in [0.15, 0.2) is 35.3 Å². The number of hydrogen-bond donors (Lipinski definition) is 0. The van der Waals surface area contributed by atoms with E-state index in [9.17, 15) is 4.79 Å². The second kappa shape index (κ2) is 4.26. The van der Waals surface area contributed by atoms with Crippen LogP contribution in [-0.2, 0) is 9.53 Å². The highest BCUT2D eigenvalue weighted by atomic mass is 16.5. The van der Waals surface area contributed by atoms with Gasteiger partial charge in [0.05, 0.1) is 5.71 Å². The Kier molecular flexibility index (Phi) is 2.81. The second-order valence-electron chi connectivity index (χ2n) is 3.47. The number of benzene rings is 1. The molecule has 0 saturated heterocycles. The van der Waals surface area contributed by atoms with E-state index in [2.05, 4.69) is 4.99 Å². The summed E-state index contributed by atoms with van der Waals surface area (Å²) in [5, 5.41) is 0. The van der Waals surface area contributed by atoms with E-state index in [0.29, 0.717) is 6.61 Å². The molecule has 1 aliphatic heterocycles. The molecule has 1 aromatic rings. The Balaban J connectivity index is 2.31. The smallest absolute Gasteiger partial charge is 0.335 e. The standard InChI is InChI=1S/C12H13NO2/c1-2-10-8-15-12(14)11(13-10)9-6-4-3-5-7-9/h3-7,11H,2,8H2,1H3/t11-/m1/s1. The quantitative estimate of drug-likeness (QED) is 0.691. The third kappa shape index (κ3) is 2.06. The van der Waals surface area contributed by atoms with E-state index in [4.69, 9.17) is 4.74 Å². The van der Waals surface area contributed by atoms with Gasteiger partial charge in [-0.3, -0.25) is 4.99 Å². The Morgan fingerprint density at radius 3 is 2.80 bits per heavy atom. The number of aliphatic imine (C=N–C) groups is 1. The number of hydrogen-bond acceptors (Lipinski definition) is 3. The number of rotatable bonds is 2. The fraction of sp³-hybridized carbons (Fsp3) is 0.333. The van der Waals surface area contributed by atoms with Crippen molar-refractivity contribution in [2.75, 3.05) is 6.61 Å². The summed E-state index contributed by atoms with van der Waals surface area (Å²) in [6.07, 6.45) is 0.830. The molecule has 78 valence electrons. The van der Waals surface area contributed by atoms with E-state index in [-0.39, 0.29) is 5.97 Å². The van der Waals surface area contributed by atoms with Gasteiger partial charge in [-0.05, 0) is 12.0 Å². The van der Waals surface area contributed by atoms with Gasteiger partial charge < -0.3 is 4.74 Å². The van der Waals surface area contributed by atoms with E-state index in [1.54, 1.807) is 0 Å². The Labute approximate surface area is 88.8 Å². The summed E-state index contributed by atoms with van der Waals surface area (Å²) in [5.74, 6) is -0.251. The van der Waals surface area contributed by atoms with Crippen molar-refractivity contribution in [2.24, 2.45) is 4.99 Å². The molecule has 0 amide bonds. The maximum absolute atomic E-state index is 11.5. The number of carbonyl (C=O) groups is 1. The number of cyclic esters (lactones) is 1. The molecule has 3 heteroatoms. The molecule has 0 N–H and O–H groups in total. The minimum Gasteiger partial charge on any atom is -0.458 e. The van der Waals surface area contributed by atoms with Gasteiger partial charge in [0.2, 0.25) is 0 Å². The molecular weight excluding hydrogens is 190 g/mol. The van der Waals surface area contributed by atoms with E-state index in [1.165, 1.54) is 0 Å². The normalized spacial score (nSPS) is 20.7. The lowest BCUT2D eigenvalue weighted by atomic mass is 10.1. The first-order valence-corrected chi connectivity index (χ1v) is 5.08. The lowest BCUT2D eigenvalue weighted by molar-refractivity contribution is -0.144. The van der Waals surface area contributed by atoms with Gasteiger partial charge in [-0.2, -0.15) is 0 Å². The first-order valence-electron chi connectivity index (χ1n) is 5.08. The number of ether oxygens (including phenoxy) is 1. The second-order valence-corrected chi connectivity index (χ2v) is 3.47. The van der Waals surface area contributed by atoms with Gasteiger partial charge in [-0.15, -0.1) is 0 Å². The molecule has 0 fully saturated rings. The molecule has 0 radical (unpaired) electrons. The fourth-order valence-corrected chi connectivity index (χ4v) is 1.55. The van der Waals surface area contributed by atoms with Gasteiger partial charge in [-0.25, -0.2) is 4.79 Å². The zero-order valence-corrected chi connectivity index (χ0v) is 8.64. The van der Waals surface area contributed by atoms with Gasteiger partial charge in [-0.1, -0.05) is 37.3 Å². The fourth-order valence-electron chi connectivity index (χ4n) is 1.55. The van der Waals surface area contributed by atoms with E-state index >= 15 is 0 Å². The predicted octanol–water partition coefficient (Wildman–Crippen LogP) is 2.14. The maximum atomic E-state index is 11.5. The minimum absolute atomic E-state index is 0.251. The molecule has 3 nitrogen and oxygen atoms in total. The summed E-state index contributed by atoms with van der Waals surface area (Å²) < 4.78 is 5.08. The van der Waals surface area contributed by atoms with E-state index in [1.807, 2.05) is 37.3 Å². The average molecular weight is 203 g/mol. The van der Waals surface area contributed by atoms with Crippen molar-refractivity contribution >= 4 is 11.7 Å². The topological polar surface area (TPSA) is 38.7 Å². The van der Waals surface area contributed by atoms with Crippen LogP contribution < -0.4 is 0 Å². The molecule has 2 rings (SSSR count). The molecule has 0 spiro atoms. The molecule has 0 aliphatic carbocycles. The highest BCUT2D eigenvalue weighted by Crippen LogP contribution is 2.22. The van der Waals surface area contributed by atoms with Crippen LogP contribution in [0.3, 0.4) is 0 Å². The van der Waals surface area contributed by atoms with Crippen LogP contribution in [0.4, 0.5) is 0 Å². The molecule has 1 heterocycles. The van der Waals surface area contributed by atoms with Crippen molar-refractivity contribution < 1.29 is 9.53 Å². The summed E-state index contributed by atoms with van der Waals surface area (Å²) in [7, 11) is 0. The Bertz CT molecular complexity index is 384. The summed E-state index contributed by atoms with van der Waals surface area (Å²) in [6, 6.07) is 9.05. The van der Waals surface area contributed by atoms with Crippen LogP contribution in [-0.4, -0.2) is 18.3 Å². The first-order chi connectivity index (χ1) is 7.31. The Morgan fingerprint density at radius 2 is 2.13 bits per heavy atom. The van der Waals surface area contributed by atoms with Crippen molar-refractivity contribution in [2.45, 2.75) is 19.4 Å². The summed E-state index contributed by atoms with van der Waals surface area (Å²) in [5.41, 5.74) is 1.84. The van der Waals surface area contributed by atoms with Gasteiger partial charge >= 0.3 is 5.97 Å². The van der Waals surface area contributed by atoms with Crippen molar-refractivity contribution in [1.82, 2.24) is 0 Å². The van der Waals surface area contributed by atoms with Crippen LogP contribution in [0.25, 0.3) is 0 Å². The molecule has 0 bridgehead atoms. The molecule has 0 saturated carbocycles. The zero-order valence-electron chi connectivity index (χ0n) is 8.64. The van der Waals surface area contributed by atoms with Crippen LogP contribution >= 0.6 is 0 Å². The monoisotopic (exact) mass is 203 g/mol. The van der Waals surface area contributed by atoms with Crippen LogP contribution in [0.2, 0.25) is 0 Å². The maximum Gasteiger partial charge on any atom is 0.335 e. The number of carbonyl (C=O) groups excluding carboxylic acids is 1. The summed E-state index contributed by atoms with van der Waals surface area (Å²) >= 11 is 0. The van der Waals surface area contributed by atoms with Crippen LogP contribution in [0, 0.1) is 0 Å². The minimum atomic E-state index is -0.463. The largest absolute Gasteiger partial charge is 0.458 e. The Morgan fingerprint density at radius 1 is 1.40 bits per heavy atom. The molecule has 1 aliphatic rings. The summed E-state index contributed by atoms with van der Waals surface area (Å²) in [4.78, 5) is 15.9. The van der Waals surface area contributed by atoms with E-state index < -0.39 is 6.04 Å². The third-order valence-electron chi connectivity index (χ3n) is 2.44. The van der Waals surface area contributed by atoms with Crippen molar-refractivity contribution in [3.8, 4) is 0 Å². The van der Waals surface area contributed by atoms with Gasteiger partial charge in [0, 0.05) is 0 Å². The molecular formula is C12H13NO2. The lowest BCUT2D eigenvalue weighted by Crippen LogP contribution is -2.25. The predicted molar refractivity (Wildman–Crippen MR) is 57.9 cm³/mol. The van der Waals surface area contributed by atoms with Gasteiger partial charge in [0.25, 0.3) is 0 Å². The van der Waals surface area contributed by atoms with Crippen molar-refractivity contribution in [3.63, 3.8) is 0 Å². The number of esters is 1. The number of nitrogens with zero attached hydrogens (tertiary/aromatic N) is 1. The van der Waals surface area contributed by atoms with E-state index in [0.717, 1.165) is 17.7 Å². The first kappa shape index (κ1) is 9.90. The molecule has 0 aromatic heterocycles. The van der Waals surface area contributed by atoms with Crippen LogP contribution in [0.1, 0.15) is 24.9 Å². The molecule has 0 unspecified atom stereocenters. The van der Waals surface area contributed by atoms with Crippen molar-refractivity contribution in [3.05, 3.63) is 35.9 Å². The SMILES string of the molecule is CCC1=N[C@H](c2ccccc2)C(=O)OC1. The highest BCUT2D eigenvalue weighted by Gasteiger charge is 2.25. The highest BCUT2D eigenvalue weighted by molar-refractivity contribution is 5.93. The average Bonchev–Trinajstić information content (AvgIpc) is 2.31. The molecule has 15 heavy (non-hydrogen) atoms. The van der Waals surface area contributed by atoms with Crippen molar-refractivity contribution in [1.29, 1.82) is 0 Å². The zero-order chi connectivity index (χ0) is 10.7. The van der Waals surface area contributed by atoms with Gasteiger partial charge in [0.15, 0.2) is 6.04 Å². The molecule has 1 aromatic carbocycles. The van der Waals surface area contributed by atoms with Gasteiger partial charge in [0.1, 0.15) is 6.61 Å². The Hall–Kier alpha value is -1.64. The summed E-state index contributed by atoms with van der Waals surface area (Å²) in [6.45, 7) is 2.36. The van der Waals surface area contributed by atoms with Crippen LogP contribution in [0.5, 0.6) is 0 Å². The lowest BCUT2D eigenvalue weighted by Gasteiger charge is -2.19. The molecule has 1 atom stereocenters.